The maximum Gasteiger partial charge on any atom is 0.106 e. The van der Waals surface area contributed by atoms with E-state index in [0.29, 0.717) is 4.99 Å². The number of anilines is 1. The van der Waals surface area contributed by atoms with Gasteiger partial charge in [-0.1, -0.05) is 18.3 Å². The van der Waals surface area contributed by atoms with Gasteiger partial charge in [-0.15, -0.1) is 0 Å². The number of nitrogens with one attached hydrogen (secondary N) is 1. The highest BCUT2D eigenvalue weighted by Gasteiger charge is 2.04. The smallest absolute Gasteiger partial charge is 0.106 e. The average Bonchev–Trinajstić information content (AvgIpc) is 2.28. The summed E-state index contributed by atoms with van der Waals surface area (Å²) in [5.74, 6) is 0. The Morgan fingerprint density at radius 2 is 2.18 bits per heavy atom. The fourth-order valence-electron chi connectivity index (χ4n) is 1.61. The number of benzene rings is 1. The van der Waals surface area contributed by atoms with E-state index >= 15 is 0 Å². The molecule has 0 saturated carbocycles. The largest absolute Gasteiger partial charge is 0.389 e. The van der Waals surface area contributed by atoms with Crippen molar-refractivity contribution in [2.24, 2.45) is 5.73 Å². The van der Waals surface area contributed by atoms with Crippen LogP contribution in [-0.2, 0) is 4.74 Å². The number of aryl methyl sites for hydroxylation is 1. The van der Waals surface area contributed by atoms with E-state index in [2.05, 4.69) is 18.3 Å². The maximum atomic E-state index is 5.69. The summed E-state index contributed by atoms with van der Waals surface area (Å²) >= 11 is 5.03. The zero-order valence-electron chi connectivity index (χ0n) is 10.5. The summed E-state index contributed by atoms with van der Waals surface area (Å²) in [4.78, 5) is 0.435. The number of rotatable bonds is 7. The molecule has 1 rings (SSSR count). The summed E-state index contributed by atoms with van der Waals surface area (Å²) in [7, 11) is 1.72. The van der Waals surface area contributed by atoms with E-state index in [0.717, 1.165) is 37.2 Å². The van der Waals surface area contributed by atoms with Gasteiger partial charge in [0.15, 0.2) is 0 Å². The Morgan fingerprint density at radius 3 is 2.82 bits per heavy atom. The lowest BCUT2D eigenvalue weighted by atomic mass is 10.1. The minimum absolute atomic E-state index is 0.435. The zero-order valence-corrected chi connectivity index (χ0v) is 11.3. The second kappa shape index (κ2) is 7.25. The van der Waals surface area contributed by atoms with Crippen LogP contribution in [-0.4, -0.2) is 25.2 Å². The van der Waals surface area contributed by atoms with Gasteiger partial charge in [0, 0.05) is 31.5 Å². The van der Waals surface area contributed by atoms with Crippen LogP contribution in [0.5, 0.6) is 0 Å². The SMILES string of the molecule is COCCCCNc1cc(C)ccc1C(N)=S. The highest BCUT2D eigenvalue weighted by atomic mass is 32.1. The number of ether oxygens (including phenoxy) is 1. The Bertz CT molecular complexity index is 380. The number of hydrogen-bond donors (Lipinski definition) is 2. The molecule has 3 nitrogen and oxygen atoms in total. The van der Waals surface area contributed by atoms with E-state index in [9.17, 15) is 0 Å². The second-order valence-electron chi connectivity index (χ2n) is 4.04. The van der Waals surface area contributed by atoms with Crippen molar-refractivity contribution in [3.8, 4) is 0 Å². The molecule has 0 atom stereocenters. The number of thiocarbonyl (C=S) groups is 1. The average molecular weight is 252 g/mol. The number of nitrogens with two attached hydrogens (primary N) is 1. The van der Waals surface area contributed by atoms with Gasteiger partial charge in [0.25, 0.3) is 0 Å². The highest BCUT2D eigenvalue weighted by molar-refractivity contribution is 7.80. The van der Waals surface area contributed by atoms with Crippen LogP contribution in [0.2, 0.25) is 0 Å². The van der Waals surface area contributed by atoms with E-state index in [-0.39, 0.29) is 0 Å². The van der Waals surface area contributed by atoms with Gasteiger partial charge in [0.1, 0.15) is 4.99 Å². The van der Waals surface area contributed by atoms with Crippen LogP contribution >= 0.6 is 12.2 Å². The molecule has 1 aromatic rings. The van der Waals surface area contributed by atoms with Gasteiger partial charge in [-0.05, 0) is 37.5 Å². The summed E-state index contributed by atoms with van der Waals surface area (Å²) < 4.78 is 5.01. The van der Waals surface area contributed by atoms with Crippen molar-refractivity contribution < 1.29 is 4.74 Å². The van der Waals surface area contributed by atoms with Crippen LogP contribution < -0.4 is 11.1 Å². The lowest BCUT2D eigenvalue weighted by Gasteiger charge is -2.12. The Morgan fingerprint density at radius 1 is 1.41 bits per heavy atom. The van der Waals surface area contributed by atoms with Crippen molar-refractivity contribution in [1.82, 2.24) is 0 Å². The summed E-state index contributed by atoms with van der Waals surface area (Å²) in [6.45, 7) is 3.76. The fraction of sp³-hybridized carbons (Fsp3) is 0.462. The molecule has 0 aliphatic rings. The molecule has 0 spiro atoms. The van der Waals surface area contributed by atoms with Crippen LogP contribution in [0.3, 0.4) is 0 Å². The first-order valence-electron chi connectivity index (χ1n) is 5.78. The van der Waals surface area contributed by atoms with Gasteiger partial charge in [-0.2, -0.15) is 0 Å². The van der Waals surface area contributed by atoms with Gasteiger partial charge in [-0.25, -0.2) is 0 Å². The van der Waals surface area contributed by atoms with E-state index < -0.39 is 0 Å². The quantitative estimate of drug-likeness (QED) is 0.578. The van der Waals surface area contributed by atoms with Crippen molar-refractivity contribution >= 4 is 22.9 Å². The van der Waals surface area contributed by atoms with Gasteiger partial charge < -0.3 is 15.8 Å². The third-order valence-electron chi connectivity index (χ3n) is 2.53. The van der Waals surface area contributed by atoms with Gasteiger partial charge in [0.2, 0.25) is 0 Å². The first-order chi connectivity index (χ1) is 8.15. The monoisotopic (exact) mass is 252 g/mol. The van der Waals surface area contributed by atoms with Crippen LogP contribution in [0.1, 0.15) is 24.0 Å². The van der Waals surface area contributed by atoms with Crippen molar-refractivity contribution in [3.05, 3.63) is 29.3 Å². The molecule has 0 heterocycles. The predicted octanol–water partition coefficient (Wildman–Crippen LogP) is 2.47. The van der Waals surface area contributed by atoms with Crippen LogP contribution in [0, 0.1) is 6.92 Å². The molecular formula is C13H20N2OS. The van der Waals surface area contributed by atoms with Crippen LogP contribution in [0.15, 0.2) is 18.2 Å². The summed E-state index contributed by atoms with van der Waals surface area (Å²) in [6.07, 6.45) is 2.12. The molecule has 0 aromatic heterocycles. The summed E-state index contributed by atoms with van der Waals surface area (Å²) in [6, 6.07) is 6.06. The van der Waals surface area contributed by atoms with Crippen molar-refractivity contribution in [3.63, 3.8) is 0 Å². The highest BCUT2D eigenvalue weighted by Crippen LogP contribution is 2.17. The van der Waals surface area contributed by atoms with Crippen molar-refractivity contribution in [1.29, 1.82) is 0 Å². The molecule has 4 heteroatoms. The molecule has 0 aliphatic carbocycles. The first kappa shape index (κ1) is 13.9. The fourth-order valence-corrected chi connectivity index (χ4v) is 1.79. The molecule has 1 aromatic carbocycles. The molecular weight excluding hydrogens is 232 g/mol. The molecule has 17 heavy (non-hydrogen) atoms. The minimum atomic E-state index is 0.435. The third kappa shape index (κ3) is 4.71. The zero-order chi connectivity index (χ0) is 12.7. The maximum absolute atomic E-state index is 5.69. The topological polar surface area (TPSA) is 47.3 Å². The number of unbranched alkanes of at least 4 members (excludes halogenated alkanes) is 1. The van der Waals surface area contributed by atoms with Gasteiger partial charge in [-0.3, -0.25) is 0 Å². The molecule has 0 unspecified atom stereocenters. The lowest BCUT2D eigenvalue weighted by Crippen LogP contribution is -2.14. The molecule has 0 bridgehead atoms. The Balaban J connectivity index is 2.56. The predicted molar refractivity (Wildman–Crippen MR) is 76.7 cm³/mol. The standard InChI is InChI=1S/C13H20N2OS/c1-10-5-6-11(13(14)17)12(9-10)15-7-3-4-8-16-2/h5-6,9,15H,3-4,7-8H2,1-2H3,(H2,14,17). The lowest BCUT2D eigenvalue weighted by molar-refractivity contribution is 0.194. The number of methoxy groups -OCH3 is 1. The summed E-state index contributed by atoms with van der Waals surface area (Å²) in [5, 5.41) is 3.37. The van der Waals surface area contributed by atoms with Gasteiger partial charge >= 0.3 is 0 Å². The third-order valence-corrected chi connectivity index (χ3v) is 2.75. The molecule has 3 N–H and O–H groups in total. The van der Waals surface area contributed by atoms with E-state index in [1.807, 2.05) is 12.1 Å². The molecule has 0 aliphatic heterocycles. The summed E-state index contributed by atoms with van der Waals surface area (Å²) in [5.41, 5.74) is 8.82. The van der Waals surface area contributed by atoms with Crippen molar-refractivity contribution in [2.75, 3.05) is 25.6 Å². The Labute approximate surface area is 108 Å². The normalized spacial score (nSPS) is 10.2. The molecule has 0 radical (unpaired) electrons. The van der Waals surface area contributed by atoms with E-state index in [4.69, 9.17) is 22.7 Å². The van der Waals surface area contributed by atoms with Gasteiger partial charge in [0.05, 0.1) is 0 Å². The molecule has 0 amide bonds. The molecule has 0 fully saturated rings. The Hall–Kier alpha value is -1.13. The van der Waals surface area contributed by atoms with E-state index in [1.54, 1.807) is 7.11 Å². The second-order valence-corrected chi connectivity index (χ2v) is 4.48. The van der Waals surface area contributed by atoms with Crippen LogP contribution in [0.4, 0.5) is 5.69 Å². The minimum Gasteiger partial charge on any atom is -0.389 e. The molecule has 0 saturated heterocycles. The molecule has 94 valence electrons. The first-order valence-corrected chi connectivity index (χ1v) is 6.19. The van der Waals surface area contributed by atoms with Crippen molar-refractivity contribution in [2.45, 2.75) is 19.8 Å². The van der Waals surface area contributed by atoms with Crippen LogP contribution in [0.25, 0.3) is 0 Å². The Kier molecular flexibility index (Phi) is 5.94. The number of hydrogen-bond acceptors (Lipinski definition) is 3. The van der Waals surface area contributed by atoms with E-state index in [1.165, 1.54) is 5.56 Å².